The summed E-state index contributed by atoms with van der Waals surface area (Å²) in [6, 6.07) is 0. The van der Waals surface area contributed by atoms with Crippen molar-refractivity contribution in [3.63, 3.8) is 0 Å². The van der Waals surface area contributed by atoms with Crippen molar-refractivity contribution in [2.45, 2.75) is 25.4 Å². The first-order valence-electron chi connectivity index (χ1n) is 3.34. The SMILES string of the molecule is CC(O)[C@H](O)CO[C@H](O)CO. The molecule has 0 heterocycles. The summed E-state index contributed by atoms with van der Waals surface area (Å²) in [6.45, 7) is 0.686. The molecule has 0 saturated carbocycles. The lowest BCUT2D eigenvalue weighted by Gasteiger charge is -2.15. The third-order valence-electron chi connectivity index (χ3n) is 1.17. The maximum absolute atomic E-state index is 8.90. The van der Waals surface area contributed by atoms with Gasteiger partial charge in [-0.15, -0.1) is 0 Å². The molecular formula is C6H14O5. The van der Waals surface area contributed by atoms with E-state index in [1.165, 1.54) is 6.92 Å². The molecule has 0 aliphatic carbocycles. The molecule has 0 aliphatic rings. The predicted octanol–water partition coefficient (Wildman–Crippen LogP) is -1.94. The van der Waals surface area contributed by atoms with Crippen molar-refractivity contribution in [3.05, 3.63) is 0 Å². The summed E-state index contributed by atoms with van der Waals surface area (Å²) in [7, 11) is 0. The highest BCUT2D eigenvalue weighted by Crippen LogP contribution is 1.94. The average Bonchev–Trinajstić information content (AvgIpc) is 1.99. The number of aliphatic hydroxyl groups excluding tert-OH is 4. The first-order chi connectivity index (χ1) is 5.07. The Morgan fingerprint density at radius 1 is 1.27 bits per heavy atom. The Bertz CT molecular complexity index is 95.0. The summed E-state index contributed by atoms with van der Waals surface area (Å²) in [4.78, 5) is 0. The van der Waals surface area contributed by atoms with Crippen LogP contribution in [0.5, 0.6) is 0 Å². The monoisotopic (exact) mass is 166 g/mol. The average molecular weight is 166 g/mol. The fourth-order valence-corrected chi connectivity index (χ4v) is 0.402. The molecule has 4 N–H and O–H groups in total. The van der Waals surface area contributed by atoms with Gasteiger partial charge in [-0.2, -0.15) is 0 Å². The van der Waals surface area contributed by atoms with Crippen molar-refractivity contribution in [2.75, 3.05) is 13.2 Å². The van der Waals surface area contributed by atoms with Gasteiger partial charge < -0.3 is 25.2 Å². The zero-order chi connectivity index (χ0) is 8.85. The topological polar surface area (TPSA) is 90.2 Å². The molecule has 0 rings (SSSR count). The molecule has 3 atom stereocenters. The molecule has 68 valence electrons. The van der Waals surface area contributed by atoms with E-state index < -0.39 is 25.1 Å². The summed E-state index contributed by atoms with van der Waals surface area (Å²) in [5.41, 5.74) is 0. The maximum atomic E-state index is 8.90. The molecule has 1 unspecified atom stereocenters. The third-order valence-corrected chi connectivity index (χ3v) is 1.17. The minimum absolute atomic E-state index is 0.195. The van der Waals surface area contributed by atoms with Gasteiger partial charge in [0, 0.05) is 0 Å². The second-order valence-electron chi connectivity index (χ2n) is 2.28. The predicted molar refractivity (Wildman–Crippen MR) is 36.7 cm³/mol. The van der Waals surface area contributed by atoms with Crippen LogP contribution in [-0.4, -0.2) is 52.1 Å². The van der Waals surface area contributed by atoms with Gasteiger partial charge in [-0.3, -0.25) is 0 Å². The second kappa shape index (κ2) is 5.45. The van der Waals surface area contributed by atoms with Gasteiger partial charge in [0.15, 0.2) is 6.29 Å². The molecule has 0 fully saturated rings. The summed E-state index contributed by atoms with van der Waals surface area (Å²) in [5, 5.41) is 34.5. The van der Waals surface area contributed by atoms with Gasteiger partial charge in [-0.05, 0) is 6.92 Å². The van der Waals surface area contributed by atoms with E-state index in [-0.39, 0.29) is 6.61 Å². The van der Waals surface area contributed by atoms with E-state index in [9.17, 15) is 0 Å². The van der Waals surface area contributed by atoms with Gasteiger partial charge in [0.05, 0.1) is 19.3 Å². The molecular weight excluding hydrogens is 152 g/mol. The molecule has 5 heteroatoms. The van der Waals surface area contributed by atoms with E-state index in [4.69, 9.17) is 20.4 Å². The van der Waals surface area contributed by atoms with E-state index in [0.29, 0.717) is 0 Å². The number of rotatable bonds is 5. The number of aliphatic hydroxyl groups is 4. The van der Waals surface area contributed by atoms with Crippen LogP contribution in [-0.2, 0) is 4.74 Å². The van der Waals surface area contributed by atoms with Crippen LogP contribution in [0.25, 0.3) is 0 Å². The lowest BCUT2D eigenvalue weighted by Crippen LogP contribution is -2.31. The highest BCUT2D eigenvalue weighted by molar-refractivity contribution is 4.60. The van der Waals surface area contributed by atoms with Crippen LogP contribution in [0.2, 0.25) is 0 Å². The highest BCUT2D eigenvalue weighted by atomic mass is 16.6. The molecule has 0 aromatic carbocycles. The Kier molecular flexibility index (Phi) is 5.35. The summed E-state index contributed by atoms with van der Waals surface area (Å²) in [6.07, 6.45) is -3.22. The number of hydrogen-bond acceptors (Lipinski definition) is 5. The van der Waals surface area contributed by atoms with E-state index in [2.05, 4.69) is 4.74 Å². The molecule has 0 spiro atoms. The van der Waals surface area contributed by atoms with Gasteiger partial charge in [0.2, 0.25) is 0 Å². The Labute approximate surface area is 64.9 Å². The fraction of sp³-hybridized carbons (Fsp3) is 1.00. The van der Waals surface area contributed by atoms with Crippen LogP contribution >= 0.6 is 0 Å². The van der Waals surface area contributed by atoms with Crippen molar-refractivity contribution in [2.24, 2.45) is 0 Å². The van der Waals surface area contributed by atoms with Crippen molar-refractivity contribution in [1.29, 1.82) is 0 Å². The minimum atomic E-state index is -1.29. The zero-order valence-electron chi connectivity index (χ0n) is 6.34. The fourth-order valence-electron chi connectivity index (χ4n) is 0.402. The molecule has 0 bridgehead atoms. The normalized spacial score (nSPS) is 19.4. The zero-order valence-corrected chi connectivity index (χ0v) is 6.34. The standard InChI is InChI=1S/C6H14O5/c1-4(8)5(9)3-11-6(10)2-7/h4-10H,2-3H2,1H3/t4?,5-,6+/m1/s1. The Balaban J connectivity index is 3.37. The summed E-state index contributed by atoms with van der Waals surface area (Å²) < 4.78 is 4.51. The molecule has 0 amide bonds. The van der Waals surface area contributed by atoms with Crippen molar-refractivity contribution in [3.8, 4) is 0 Å². The molecule has 0 radical (unpaired) electrons. The van der Waals surface area contributed by atoms with Crippen LogP contribution in [0.3, 0.4) is 0 Å². The van der Waals surface area contributed by atoms with Gasteiger partial charge in [-0.1, -0.05) is 0 Å². The molecule has 5 nitrogen and oxygen atoms in total. The molecule has 0 aromatic rings. The van der Waals surface area contributed by atoms with Crippen LogP contribution in [0.1, 0.15) is 6.92 Å². The van der Waals surface area contributed by atoms with Crippen LogP contribution in [0, 0.1) is 0 Å². The van der Waals surface area contributed by atoms with Gasteiger partial charge >= 0.3 is 0 Å². The first kappa shape index (κ1) is 10.8. The molecule has 0 aliphatic heterocycles. The smallest absolute Gasteiger partial charge is 0.178 e. The second-order valence-corrected chi connectivity index (χ2v) is 2.28. The maximum Gasteiger partial charge on any atom is 0.178 e. The van der Waals surface area contributed by atoms with Crippen LogP contribution in [0.15, 0.2) is 0 Å². The lowest BCUT2D eigenvalue weighted by molar-refractivity contribution is -0.152. The third kappa shape index (κ3) is 5.11. The van der Waals surface area contributed by atoms with Gasteiger partial charge in [-0.25, -0.2) is 0 Å². The largest absolute Gasteiger partial charge is 0.391 e. The van der Waals surface area contributed by atoms with Gasteiger partial charge in [0.25, 0.3) is 0 Å². The molecule has 11 heavy (non-hydrogen) atoms. The van der Waals surface area contributed by atoms with Crippen molar-refractivity contribution in [1.82, 2.24) is 0 Å². The number of ether oxygens (including phenoxy) is 1. The summed E-state index contributed by atoms with van der Waals surface area (Å²) in [5.74, 6) is 0. The minimum Gasteiger partial charge on any atom is -0.391 e. The first-order valence-corrected chi connectivity index (χ1v) is 3.34. The Hall–Kier alpha value is -0.200. The molecule has 0 aromatic heterocycles. The van der Waals surface area contributed by atoms with E-state index in [1.54, 1.807) is 0 Å². The Morgan fingerprint density at radius 3 is 2.18 bits per heavy atom. The van der Waals surface area contributed by atoms with Crippen LogP contribution in [0.4, 0.5) is 0 Å². The van der Waals surface area contributed by atoms with E-state index in [0.717, 1.165) is 0 Å². The van der Waals surface area contributed by atoms with Gasteiger partial charge in [0.1, 0.15) is 6.10 Å². The highest BCUT2D eigenvalue weighted by Gasteiger charge is 2.12. The Morgan fingerprint density at radius 2 is 1.82 bits per heavy atom. The summed E-state index contributed by atoms with van der Waals surface area (Å²) >= 11 is 0. The van der Waals surface area contributed by atoms with Crippen molar-refractivity contribution < 1.29 is 25.2 Å². The van der Waals surface area contributed by atoms with E-state index in [1.807, 2.05) is 0 Å². The molecule has 0 saturated heterocycles. The quantitative estimate of drug-likeness (QED) is 0.357. The van der Waals surface area contributed by atoms with E-state index >= 15 is 0 Å². The van der Waals surface area contributed by atoms with Crippen molar-refractivity contribution >= 4 is 0 Å². The number of hydrogen-bond donors (Lipinski definition) is 4. The lowest BCUT2D eigenvalue weighted by atomic mass is 10.2. The van der Waals surface area contributed by atoms with Crippen LogP contribution < -0.4 is 0 Å².